The van der Waals surface area contributed by atoms with Crippen molar-refractivity contribution in [2.24, 2.45) is 10.7 Å². The summed E-state index contributed by atoms with van der Waals surface area (Å²) in [6, 6.07) is 16.5. The molecule has 0 saturated heterocycles. The van der Waals surface area contributed by atoms with Crippen LogP contribution in [0, 0.1) is 0 Å². The van der Waals surface area contributed by atoms with E-state index in [-0.39, 0.29) is 12.1 Å². The summed E-state index contributed by atoms with van der Waals surface area (Å²) >= 11 is 9.44. The number of amidine groups is 1. The molecule has 0 spiro atoms. The first-order valence-electron chi connectivity index (χ1n) is 7.31. The zero-order chi connectivity index (χ0) is 16.2. The van der Waals surface area contributed by atoms with E-state index >= 15 is 0 Å². The molecule has 0 radical (unpaired) electrons. The van der Waals surface area contributed by atoms with Crippen molar-refractivity contribution in [1.29, 1.82) is 0 Å². The fourth-order valence-corrected chi connectivity index (χ4v) is 2.90. The highest BCUT2D eigenvalue weighted by Gasteiger charge is 2.20. The van der Waals surface area contributed by atoms with Gasteiger partial charge in [0, 0.05) is 28.3 Å². The van der Waals surface area contributed by atoms with Crippen LogP contribution in [0.2, 0.25) is 5.02 Å². The molecule has 1 aliphatic rings. The van der Waals surface area contributed by atoms with Crippen LogP contribution in [0.4, 0.5) is 5.69 Å². The Labute approximate surface area is 149 Å². The van der Waals surface area contributed by atoms with Crippen LogP contribution in [0.5, 0.6) is 0 Å². The summed E-state index contributed by atoms with van der Waals surface area (Å²) in [6.07, 6.45) is 0. The lowest BCUT2D eigenvalue weighted by Crippen LogP contribution is -2.32. The monoisotopic (exact) mass is 393 g/mol. The second-order valence-electron chi connectivity index (χ2n) is 5.42. The molecule has 0 aliphatic carbocycles. The lowest BCUT2D eigenvalue weighted by atomic mass is 10.1. The maximum Gasteiger partial charge on any atom is 0.282 e. The zero-order valence-electron chi connectivity index (χ0n) is 12.5. The number of ether oxygens (including phenoxy) is 1. The number of hydrogen-bond acceptors (Lipinski definition) is 4. The van der Waals surface area contributed by atoms with Gasteiger partial charge < -0.3 is 15.4 Å². The normalized spacial score (nSPS) is 16.8. The zero-order valence-corrected chi connectivity index (χ0v) is 14.8. The van der Waals surface area contributed by atoms with E-state index in [1.807, 2.05) is 36.4 Å². The van der Waals surface area contributed by atoms with E-state index in [0.29, 0.717) is 6.61 Å². The number of halogens is 2. The summed E-state index contributed by atoms with van der Waals surface area (Å²) in [5.41, 5.74) is 7.93. The van der Waals surface area contributed by atoms with Gasteiger partial charge in [-0.2, -0.15) is 0 Å². The number of hydrogen-bond donors (Lipinski definition) is 1. The molecule has 2 aromatic rings. The van der Waals surface area contributed by atoms with E-state index in [2.05, 4.69) is 38.0 Å². The molecule has 0 fully saturated rings. The molecule has 2 aromatic carbocycles. The van der Waals surface area contributed by atoms with Crippen LogP contribution in [-0.4, -0.2) is 25.2 Å². The molecule has 1 heterocycles. The first-order valence-corrected chi connectivity index (χ1v) is 8.48. The lowest BCUT2D eigenvalue weighted by Gasteiger charge is -2.26. The molecule has 0 amide bonds. The second-order valence-corrected chi connectivity index (χ2v) is 6.77. The molecule has 0 bridgehead atoms. The number of nitrogens with zero attached hydrogens (tertiary/aromatic N) is 2. The van der Waals surface area contributed by atoms with E-state index < -0.39 is 0 Å². The smallest absolute Gasteiger partial charge is 0.282 e. The average Bonchev–Trinajstić information content (AvgIpc) is 2.95. The Morgan fingerprint density at radius 3 is 2.48 bits per heavy atom. The average molecular weight is 395 g/mol. The number of nitrogens with two attached hydrogens (primary N) is 1. The van der Waals surface area contributed by atoms with Gasteiger partial charge in [-0.15, -0.1) is 0 Å². The van der Waals surface area contributed by atoms with Gasteiger partial charge in [0.1, 0.15) is 12.6 Å². The maximum atomic E-state index is 5.97. The van der Waals surface area contributed by atoms with Gasteiger partial charge in [0.05, 0.1) is 0 Å². The van der Waals surface area contributed by atoms with Crippen LogP contribution in [0.1, 0.15) is 5.56 Å². The number of anilines is 1. The summed E-state index contributed by atoms with van der Waals surface area (Å²) in [4.78, 5) is 6.60. The minimum atomic E-state index is 0.0472. The highest BCUT2D eigenvalue weighted by molar-refractivity contribution is 9.10. The van der Waals surface area contributed by atoms with Crippen molar-refractivity contribution >= 4 is 39.2 Å². The third-order valence-corrected chi connectivity index (χ3v) is 4.42. The summed E-state index contributed by atoms with van der Waals surface area (Å²) in [5, 5.41) is 0.741. The molecule has 120 valence electrons. The van der Waals surface area contributed by atoms with Crippen LogP contribution >= 0.6 is 27.5 Å². The minimum Gasteiger partial charge on any atom is -0.463 e. The van der Waals surface area contributed by atoms with Gasteiger partial charge >= 0.3 is 0 Å². The molecule has 0 unspecified atom stereocenters. The summed E-state index contributed by atoms with van der Waals surface area (Å²) in [7, 11) is 0. The largest absolute Gasteiger partial charge is 0.463 e. The maximum absolute atomic E-state index is 5.97. The van der Waals surface area contributed by atoms with Gasteiger partial charge in [0.15, 0.2) is 0 Å². The van der Waals surface area contributed by atoms with Crippen LogP contribution < -0.4 is 10.6 Å². The van der Waals surface area contributed by atoms with E-state index in [9.17, 15) is 0 Å². The van der Waals surface area contributed by atoms with Crippen molar-refractivity contribution in [2.45, 2.75) is 12.6 Å². The molecular formula is C17H17BrClN3O. The first-order chi connectivity index (χ1) is 11.1. The molecule has 1 aliphatic heterocycles. The molecule has 23 heavy (non-hydrogen) atoms. The number of aliphatic imine (C=N–C) groups is 1. The molecule has 2 N–H and O–H groups in total. The Balaban J connectivity index is 1.80. The van der Waals surface area contributed by atoms with Gasteiger partial charge in [-0.1, -0.05) is 39.7 Å². The standard InChI is InChI=1S/C17H17BrClN3O/c18-13-3-7-16(8-4-13)22(10-15-11-23-17(20)21-15)9-12-1-5-14(19)6-2-12/h1-8,15H,9-11H2,(H2,20,21)/t15-/m1/s1. The highest BCUT2D eigenvalue weighted by atomic mass is 79.9. The fraction of sp³-hybridized carbons (Fsp3) is 0.235. The molecular weight excluding hydrogens is 378 g/mol. The van der Waals surface area contributed by atoms with Gasteiger partial charge in [-0.05, 0) is 42.0 Å². The van der Waals surface area contributed by atoms with Crippen molar-refractivity contribution in [1.82, 2.24) is 0 Å². The van der Waals surface area contributed by atoms with Gasteiger partial charge in [0.25, 0.3) is 6.02 Å². The van der Waals surface area contributed by atoms with E-state index in [1.54, 1.807) is 0 Å². The Hall–Kier alpha value is -1.72. The highest BCUT2D eigenvalue weighted by Crippen LogP contribution is 2.22. The lowest BCUT2D eigenvalue weighted by molar-refractivity contribution is 0.313. The predicted molar refractivity (Wildman–Crippen MR) is 98.0 cm³/mol. The Morgan fingerprint density at radius 1 is 1.17 bits per heavy atom. The SMILES string of the molecule is NC1=N[C@H](CN(Cc2ccc(Cl)cc2)c2ccc(Br)cc2)CO1. The molecule has 0 aromatic heterocycles. The van der Waals surface area contributed by atoms with Gasteiger partial charge in [-0.25, -0.2) is 4.99 Å². The molecule has 4 nitrogen and oxygen atoms in total. The first kappa shape index (κ1) is 16.1. The number of rotatable bonds is 5. The summed E-state index contributed by atoms with van der Waals surface area (Å²) in [6.45, 7) is 2.04. The van der Waals surface area contributed by atoms with Crippen LogP contribution in [0.25, 0.3) is 0 Å². The predicted octanol–water partition coefficient (Wildman–Crippen LogP) is 3.82. The van der Waals surface area contributed by atoms with Crippen LogP contribution in [-0.2, 0) is 11.3 Å². The molecule has 0 saturated carbocycles. The van der Waals surface area contributed by atoms with E-state index in [4.69, 9.17) is 22.1 Å². The quantitative estimate of drug-likeness (QED) is 0.838. The Morgan fingerprint density at radius 2 is 1.87 bits per heavy atom. The Kier molecular flexibility index (Phi) is 5.08. The van der Waals surface area contributed by atoms with Crippen molar-refractivity contribution in [2.75, 3.05) is 18.1 Å². The van der Waals surface area contributed by atoms with Crippen molar-refractivity contribution < 1.29 is 4.74 Å². The summed E-state index contributed by atoms with van der Waals surface area (Å²) < 4.78 is 6.32. The third-order valence-electron chi connectivity index (χ3n) is 3.64. The topological polar surface area (TPSA) is 50.8 Å². The van der Waals surface area contributed by atoms with Crippen molar-refractivity contribution in [3.63, 3.8) is 0 Å². The molecule has 6 heteroatoms. The van der Waals surface area contributed by atoms with Crippen molar-refractivity contribution in [3.8, 4) is 0 Å². The van der Waals surface area contributed by atoms with E-state index in [1.165, 1.54) is 5.56 Å². The van der Waals surface area contributed by atoms with Crippen molar-refractivity contribution in [3.05, 3.63) is 63.6 Å². The molecule has 3 rings (SSSR count). The van der Waals surface area contributed by atoms with Gasteiger partial charge in [0.2, 0.25) is 0 Å². The minimum absolute atomic E-state index is 0.0472. The Bertz CT molecular complexity index is 688. The van der Waals surface area contributed by atoms with Gasteiger partial charge in [-0.3, -0.25) is 0 Å². The summed E-state index contributed by atoms with van der Waals surface area (Å²) in [5.74, 6) is 0. The third kappa shape index (κ3) is 4.39. The fourth-order valence-electron chi connectivity index (χ4n) is 2.51. The molecule has 1 atom stereocenters. The second kappa shape index (κ2) is 7.23. The van der Waals surface area contributed by atoms with Crippen LogP contribution in [0.15, 0.2) is 58.0 Å². The van der Waals surface area contributed by atoms with Crippen LogP contribution in [0.3, 0.4) is 0 Å². The number of benzene rings is 2. The van der Waals surface area contributed by atoms with E-state index in [0.717, 1.165) is 28.3 Å².